The SMILES string of the molecule is Cc1c(C(=O)N2CC=C(c3c[nH]c4cc(F)ccc34)CC2)sc2nc(C(F)(F)F)ccc12. The van der Waals surface area contributed by atoms with Crippen molar-refractivity contribution >= 4 is 43.9 Å². The van der Waals surface area contributed by atoms with Crippen LogP contribution in [0.4, 0.5) is 17.6 Å². The molecule has 0 atom stereocenters. The van der Waals surface area contributed by atoms with Gasteiger partial charge in [-0.05, 0) is 54.8 Å². The molecule has 0 unspecified atom stereocenters. The van der Waals surface area contributed by atoms with E-state index in [2.05, 4.69) is 9.97 Å². The van der Waals surface area contributed by atoms with Crippen molar-refractivity contribution in [1.82, 2.24) is 14.9 Å². The van der Waals surface area contributed by atoms with Crippen LogP contribution in [0.1, 0.15) is 32.9 Å². The summed E-state index contributed by atoms with van der Waals surface area (Å²) in [6.07, 6.45) is -0.0987. The van der Waals surface area contributed by atoms with Gasteiger partial charge in [0, 0.05) is 41.1 Å². The summed E-state index contributed by atoms with van der Waals surface area (Å²) in [5, 5.41) is 1.48. The molecule has 4 heterocycles. The Morgan fingerprint density at radius 3 is 2.69 bits per heavy atom. The largest absolute Gasteiger partial charge is 0.433 e. The van der Waals surface area contributed by atoms with Gasteiger partial charge in [-0.1, -0.05) is 6.08 Å². The highest BCUT2D eigenvalue weighted by molar-refractivity contribution is 7.20. The maximum absolute atomic E-state index is 13.4. The van der Waals surface area contributed by atoms with Gasteiger partial charge in [0.15, 0.2) is 0 Å². The average Bonchev–Trinajstić information content (AvgIpc) is 3.33. The first-order chi connectivity index (χ1) is 15.2. The van der Waals surface area contributed by atoms with Crippen molar-refractivity contribution in [2.45, 2.75) is 19.5 Å². The number of hydrogen-bond donors (Lipinski definition) is 1. The molecule has 0 radical (unpaired) electrons. The minimum Gasteiger partial charge on any atom is -0.360 e. The fourth-order valence-electron chi connectivity index (χ4n) is 4.07. The van der Waals surface area contributed by atoms with Crippen molar-refractivity contribution in [3.63, 3.8) is 0 Å². The number of nitrogens with zero attached hydrogens (tertiary/aromatic N) is 2. The fraction of sp³-hybridized carbons (Fsp3) is 0.217. The van der Waals surface area contributed by atoms with Crippen LogP contribution in [-0.2, 0) is 6.18 Å². The van der Waals surface area contributed by atoms with Gasteiger partial charge in [0.05, 0.1) is 4.88 Å². The third-order valence-corrected chi connectivity index (χ3v) is 6.96. The van der Waals surface area contributed by atoms with E-state index < -0.39 is 11.9 Å². The second-order valence-corrected chi connectivity index (χ2v) is 8.73. The lowest BCUT2D eigenvalue weighted by atomic mass is 9.98. The summed E-state index contributed by atoms with van der Waals surface area (Å²) in [5.41, 5.74) is 2.44. The molecule has 0 spiro atoms. The van der Waals surface area contributed by atoms with Crippen LogP contribution in [-0.4, -0.2) is 33.9 Å². The van der Waals surface area contributed by atoms with E-state index in [0.29, 0.717) is 40.9 Å². The number of halogens is 4. The molecule has 4 nitrogen and oxygen atoms in total. The lowest BCUT2D eigenvalue weighted by molar-refractivity contribution is -0.140. The summed E-state index contributed by atoms with van der Waals surface area (Å²) in [7, 11) is 0. The van der Waals surface area contributed by atoms with Crippen molar-refractivity contribution < 1.29 is 22.4 Å². The number of H-pyrrole nitrogens is 1. The van der Waals surface area contributed by atoms with Crippen molar-refractivity contribution in [2.24, 2.45) is 0 Å². The summed E-state index contributed by atoms with van der Waals surface area (Å²) in [6, 6.07) is 6.92. The number of aromatic amines is 1. The number of thiophene rings is 1. The molecule has 5 rings (SSSR count). The van der Waals surface area contributed by atoms with E-state index in [4.69, 9.17) is 0 Å². The number of amides is 1. The Labute approximate surface area is 184 Å². The maximum Gasteiger partial charge on any atom is 0.433 e. The minimum atomic E-state index is -4.53. The molecule has 0 bridgehead atoms. The van der Waals surface area contributed by atoms with E-state index in [1.165, 1.54) is 18.2 Å². The molecule has 1 aliphatic rings. The van der Waals surface area contributed by atoms with Gasteiger partial charge < -0.3 is 9.88 Å². The molecule has 164 valence electrons. The lowest BCUT2D eigenvalue weighted by Gasteiger charge is -2.26. The van der Waals surface area contributed by atoms with Gasteiger partial charge in [0.25, 0.3) is 5.91 Å². The number of aryl methyl sites for hydroxylation is 1. The topological polar surface area (TPSA) is 49.0 Å². The third-order valence-electron chi connectivity index (χ3n) is 5.77. The Kier molecular flexibility index (Phi) is 4.81. The zero-order valence-corrected chi connectivity index (χ0v) is 17.7. The maximum atomic E-state index is 13.4. The first-order valence-corrected chi connectivity index (χ1v) is 10.8. The molecular formula is C23H17F4N3OS. The highest BCUT2D eigenvalue weighted by Gasteiger charge is 2.33. The zero-order valence-electron chi connectivity index (χ0n) is 16.9. The number of carbonyl (C=O) groups is 1. The van der Waals surface area contributed by atoms with E-state index in [9.17, 15) is 22.4 Å². The standard InChI is InChI=1S/C23H17F4N3OS/c1-12-15-4-5-19(23(25,26)27)29-21(15)32-20(12)22(31)30-8-6-13(7-9-30)17-11-28-18-10-14(24)2-3-16(17)18/h2-6,10-11,28H,7-9H2,1H3. The number of fused-ring (bicyclic) bond motifs is 2. The van der Waals surface area contributed by atoms with E-state index in [1.54, 1.807) is 17.9 Å². The Bertz CT molecular complexity index is 1400. The summed E-state index contributed by atoms with van der Waals surface area (Å²) in [4.78, 5) is 22.2. The van der Waals surface area contributed by atoms with Gasteiger partial charge in [0.1, 0.15) is 16.3 Å². The second kappa shape index (κ2) is 7.44. The normalized spacial score (nSPS) is 14.9. The summed E-state index contributed by atoms with van der Waals surface area (Å²) in [5.74, 6) is -0.522. The van der Waals surface area contributed by atoms with Crippen molar-refractivity contribution in [3.8, 4) is 0 Å². The zero-order chi connectivity index (χ0) is 22.6. The molecule has 0 aliphatic carbocycles. The highest BCUT2D eigenvalue weighted by Crippen LogP contribution is 2.36. The molecule has 1 aromatic carbocycles. The third kappa shape index (κ3) is 3.46. The Balaban J connectivity index is 1.40. The number of benzene rings is 1. The molecule has 1 aliphatic heterocycles. The molecule has 0 saturated carbocycles. The van der Waals surface area contributed by atoms with Gasteiger partial charge in [-0.2, -0.15) is 13.2 Å². The number of aromatic nitrogens is 2. The Morgan fingerprint density at radius 1 is 1.19 bits per heavy atom. The first-order valence-electron chi connectivity index (χ1n) is 9.95. The Hall–Kier alpha value is -3.20. The van der Waals surface area contributed by atoms with Crippen molar-refractivity contribution in [2.75, 3.05) is 13.1 Å². The summed E-state index contributed by atoms with van der Waals surface area (Å²) < 4.78 is 52.4. The molecule has 1 amide bonds. The lowest BCUT2D eigenvalue weighted by Crippen LogP contribution is -2.34. The van der Waals surface area contributed by atoms with Crippen LogP contribution in [0.2, 0.25) is 0 Å². The first kappa shape index (κ1) is 20.7. The molecule has 4 aromatic rings. The summed E-state index contributed by atoms with van der Waals surface area (Å²) in [6.45, 7) is 2.60. The van der Waals surface area contributed by atoms with E-state index in [0.717, 1.165) is 33.9 Å². The Morgan fingerprint density at radius 2 is 1.97 bits per heavy atom. The fourth-order valence-corrected chi connectivity index (χ4v) is 5.21. The van der Waals surface area contributed by atoms with E-state index in [-0.39, 0.29) is 16.6 Å². The van der Waals surface area contributed by atoms with Gasteiger partial charge in [-0.25, -0.2) is 9.37 Å². The van der Waals surface area contributed by atoms with Crippen LogP contribution < -0.4 is 0 Å². The molecule has 9 heteroatoms. The molecule has 32 heavy (non-hydrogen) atoms. The molecular weight excluding hydrogens is 442 g/mol. The van der Waals surface area contributed by atoms with Crippen LogP contribution >= 0.6 is 11.3 Å². The quantitative estimate of drug-likeness (QED) is 0.364. The second-order valence-electron chi connectivity index (χ2n) is 7.73. The van der Waals surface area contributed by atoms with Crippen LogP contribution in [0.5, 0.6) is 0 Å². The predicted octanol–water partition coefficient (Wildman–Crippen LogP) is 6.17. The van der Waals surface area contributed by atoms with Crippen molar-refractivity contribution in [1.29, 1.82) is 0 Å². The number of rotatable bonds is 2. The molecule has 0 saturated heterocycles. The molecule has 1 N–H and O–H groups in total. The highest BCUT2D eigenvalue weighted by atomic mass is 32.1. The minimum absolute atomic E-state index is 0.208. The van der Waals surface area contributed by atoms with Crippen LogP contribution in [0.15, 0.2) is 42.6 Å². The van der Waals surface area contributed by atoms with Gasteiger partial charge in [0.2, 0.25) is 0 Å². The van der Waals surface area contributed by atoms with Gasteiger partial charge in [-0.3, -0.25) is 4.79 Å². The predicted molar refractivity (Wildman–Crippen MR) is 116 cm³/mol. The van der Waals surface area contributed by atoms with Crippen LogP contribution in [0.25, 0.3) is 26.7 Å². The number of alkyl halides is 3. The van der Waals surface area contributed by atoms with Gasteiger partial charge in [-0.15, -0.1) is 11.3 Å². The van der Waals surface area contributed by atoms with Crippen LogP contribution in [0.3, 0.4) is 0 Å². The van der Waals surface area contributed by atoms with E-state index in [1.807, 2.05) is 12.3 Å². The van der Waals surface area contributed by atoms with Gasteiger partial charge >= 0.3 is 6.18 Å². The molecule has 3 aromatic heterocycles. The monoisotopic (exact) mass is 459 g/mol. The number of carbonyl (C=O) groups excluding carboxylic acids is 1. The smallest absolute Gasteiger partial charge is 0.360 e. The molecule has 0 fully saturated rings. The average molecular weight is 459 g/mol. The number of pyridine rings is 1. The van der Waals surface area contributed by atoms with Crippen molar-refractivity contribution in [3.05, 3.63) is 70.1 Å². The number of hydrogen-bond acceptors (Lipinski definition) is 3. The van der Waals surface area contributed by atoms with E-state index >= 15 is 0 Å². The summed E-state index contributed by atoms with van der Waals surface area (Å²) >= 11 is 0.994. The van der Waals surface area contributed by atoms with Crippen LogP contribution in [0, 0.1) is 12.7 Å². The number of nitrogens with one attached hydrogen (secondary N) is 1.